The zero-order chi connectivity index (χ0) is 17.9. The van der Waals surface area contributed by atoms with E-state index in [2.05, 4.69) is 11.4 Å². The van der Waals surface area contributed by atoms with E-state index < -0.39 is 0 Å². The van der Waals surface area contributed by atoms with Crippen LogP contribution in [0.3, 0.4) is 0 Å². The maximum atomic E-state index is 12.5. The van der Waals surface area contributed by atoms with Crippen molar-refractivity contribution in [2.45, 2.75) is 63.8 Å². The molecular weight excluding hydrogens is 360 g/mol. The number of hydrogen-bond acceptors (Lipinski definition) is 3. The monoisotopic (exact) mass is 390 g/mol. The van der Waals surface area contributed by atoms with E-state index in [1.165, 1.54) is 30.4 Å². The molecule has 148 valence electrons. The SMILES string of the molecule is Cl.O=C(CCC(=O)N1CCC(NCC2CC2)CC1)c1ccc2c(c1)CCC2. The molecule has 1 aromatic rings. The average molecular weight is 391 g/mol. The highest BCUT2D eigenvalue weighted by atomic mass is 35.5. The van der Waals surface area contributed by atoms with Crippen LogP contribution in [0.4, 0.5) is 0 Å². The number of rotatable bonds is 7. The zero-order valence-corrected chi connectivity index (χ0v) is 16.9. The molecular formula is C22H31ClN2O2. The Morgan fingerprint density at radius 3 is 2.48 bits per heavy atom. The molecule has 3 aliphatic rings. The Labute approximate surface area is 168 Å². The van der Waals surface area contributed by atoms with Crippen LogP contribution >= 0.6 is 12.4 Å². The number of nitrogens with zero attached hydrogens (tertiary/aromatic N) is 1. The first-order valence-corrected chi connectivity index (χ1v) is 10.4. The number of likely N-dealkylation sites (tertiary alicyclic amines) is 1. The lowest BCUT2D eigenvalue weighted by Crippen LogP contribution is -2.45. The molecule has 2 fully saturated rings. The summed E-state index contributed by atoms with van der Waals surface area (Å²) in [6.45, 7) is 2.80. The second kappa shape index (κ2) is 9.20. The lowest BCUT2D eigenvalue weighted by molar-refractivity contribution is -0.132. The van der Waals surface area contributed by atoms with Gasteiger partial charge in [0.25, 0.3) is 0 Å². The van der Waals surface area contributed by atoms with Crippen LogP contribution in [0, 0.1) is 5.92 Å². The minimum atomic E-state index is 0. The zero-order valence-electron chi connectivity index (χ0n) is 16.0. The Morgan fingerprint density at radius 2 is 1.74 bits per heavy atom. The second-order valence-corrected chi connectivity index (χ2v) is 8.27. The normalized spacial score (nSPS) is 19.5. The summed E-state index contributed by atoms with van der Waals surface area (Å²) in [5.41, 5.74) is 3.49. The van der Waals surface area contributed by atoms with E-state index in [9.17, 15) is 9.59 Å². The third-order valence-corrected chi connectivity index (χ3v) is 6.23. The molecule has 1 heterocycles. The number of hydrogen-bond donors (Lipinski definition) is 1. The van der Waals surface area contributed by atoms with Gasteiger partial charge in [0.2, 0.25) is 5.91 Å². The van der Waals surface area contributed by atoms with Crippen LogP contribution in [0.1, 0.15) is 66.4 Å². The van der Waals surface area contributed by atoms with Crippen LogP contribution in [0.5, 0.6) is 0 Å². The fourth-order valence-electron chi connectivity index (χ4n) is 4.26. The molecule has 4 nitrogen and oxygen atoms in total. The van der Waals surface area contributed by atoms with Gasteiger partial charge in [-0.05, 0) is 74.6 Å². The molecule has 0 spiro atoms. The topological polar surface area (TPSA) is 49.4 Å². The minimum Gasteiger partial charge on any atom is -0.343 e. The van der Waals surface area contributed by atoms with Gasteiger partial charge in [0.05, 0.1) is 0 Å². The molecule has 1 saturated carbocycles. The number of carbonyl (C=O) groups is 2. The maximum absolute atomic E-state index is 12.5. The molecule has 27 heavy (non-hydrogen) atoms. The first-order valence-electron chi connectivity index (χ1n) is 10.4. The lowest BCUT2D eigenvalue weighted by atomic mass is 10.0. The van der Waals surface area contributed by atoms with E-state index >= 15 is 0 Å². The Kier molecular flexibility index (Phi) is 6.93. The molecule has 0 unspecified atom stereocenters. The van der Waals surface area contributed by atoms with E-state index in [4.69, 9.17) is 0 Å². The van der Waals surface area contributed by atoms with Crippen molar-refractivity contribution in [3.63, 3.8) is 0 Å². The predicted molar refractivity (Wildman–Crippen MR) is 110 cm³/mol. The molecule has 0 radical (unpaired) electrons. The fraction of sp³-hybridized carbons (Fsp3) is 0.636. The standard InChI is InChI=1S/C22H30N2O2.ClH/c25-21(19-7-6-17-2-1-3-18(17)14-19)8-9-22(26)24-12-10-20(11-13-24)23-15-16-4-5-16;/h6-7,14,16,20,23H,1-5,8-13,15H2;1H. The third-order valence-electron chi connectivity index (χ3n) is 6.23. The van der Waals surface area contributed by atoms with E-state index in [0.29, 0.717) is 18.9 Å². The van der Waals surface area contributed by atoms with E-state index in [1.807, 2.05) is 17.0 Å². The first-order chi connectivity index (χ1) is 12.7. The summed E-state index contributed by atoms with van der Waals surface area (Å²) < 4.78 is 0. The molecule has 0 aromatic heterocycles. The van der Waals surface area contributed by atoms with Crippen LogP contribution in [0.15, 0.2) is 18.2 Å². The molecule has 1 N–H and O–H groups in total. The van der Waals surface area contributed by atoms with Crippen molar-refractivity contribution in [3.05, 3.63) is 34.9 Å². The van der Waals surface area contributed by atoms with Crippen molar-refractivity contribution in [2.75, 3.05) is 19.6 Å². The highest BCUT2D eigenvalue weighted by Gasteiger charge is 2.26. The summed E-state index contributed by atoms with van der Waals surface area (Å²) in [7, 11) is 0. The number of benzene rings is 1. The number of aryl methyl sites for hydroxylation is 2. The third kappa shape index (κ3) is 5.32. The van der Waals surface area contributed by atoms with Crippen LogP contribution < -0.4 is 5.32 Å². The van der Waals surface area contributed by atoms with Gasteiger partial charge in [-0.1, -0.05) is 12.1 Å². The summed E-state index contributed by atoms with van der Waals surface area (Å²) >= 11 is 0. The molecule has 0 atom stereocenters. The number of nitrogens with one attached hydrogen (secondary N) is 1. The molecule has 4 rings (SSSR count). The number of ketones is 1. The molecule has 1 aromatic carbocycles. The Morgan fingerprint density at radius 1 is 1.00 bits per heavy atom. The number of carbonyl (C=O) groups excluding carboxylic acids is 2. The van der Waals surface area contributed by atoms with Crippen molar-refractivity contribution >= 4 is 24.1 Å². The van der Waals surface area contributed by atoms with Gasteiger partial charge >= 0.3 is 0 Å². The predicted octanol–water partition coefficient (Wildman–Crippen LogP) is 3.55. The number of piperidine rings is 1. The van der Waals surface area contributed by atoms with Crippen LogP contribution in [0.2, 0.25) is 0 Å². The number of Topliss-reactive ketones (excluding diaryl/α,β-unsaturated/α-hetero) is 1. The van der Waals surface area contributed by atoms with Gasteiger partial charge in [-0.2, -0.15) is 0 Å². The quantitative estimate of drug-likeness (QED) is 0.724. The van der Waals surface area contributed by atoms with Crippen LogP contribution in [-0.4, -0.2) is 42.3 Å². The van der Waals surface area contributed by atoms with Crippen LogP contribution in [-0.2, 0) is 17.6 Å². The van der Waals surface area contributed by atoms with Crippen molar-refractivity contribution < 1.29 is 9.59 Å². The maximum Gasteiger partial charge on any atom is 0.223 e. The molecule has 2 aliphatic carbocycles. The minimum absolute atomic E-state index is 0. The summed E-state index contributed by atoms with van der Waals surface area (Å²) in [6.07, 6.45) is 8.91. The summed E-state index contributed by atoms with van der Waals surface area (Å²) in [4.78, 5) is 26.9. The number of halogens is 1. The molecule has 5 heteroatoms. The largest absolute Gasteiger partial charge is 0.343 e. The van der Waals surface area contributed by atoms with Crippen LogP contribution in [0.25, 0.3) is 0 Å². The lowest BCUT2D eigenvalue weighted by Gasteiger charge is -2.32. The summed E-state index contributed by atoms with van der Waals surface area (Å²) in [5.74, 6) is 1.15. The van der Waals surface area contributed by atoms with Crippen molar-refractivity contribution in [1.29, 1.82) is 0 Å². The highest BCUT2D eigenvalue weighted by molar-refractivity contribution is 5.98. The second-order valence-electron chi connectivity index (χ2n) is 8.27. The summed E-state index contributed by atoms with van der Waals surface area (Å²) in [6, 6.07) is 6.64. The number of amides is 1. The van der Waals surface area contributed by atoms with Crippen molar-refractivity contribution in [2.24, 2.45) is 5.92 Å². The van der Waals surface area contributed by atoms with Crippen molar-refractivity contribution in [3.8, 4) is 0 Å². The van der Waals surface area contributed by atoms with Gasteiger partial charge in [0, 0.05) is 37.5 Å². The van der Waals surface area contributed by atoms with Gasteiger partial charge < -0.3 is 10.2 Å². The molecule has 1 saturated heterocycles. The Hall–Kier alpha value is -1.39. The van der Waals surface area contributed by atoms with Gasteiger partial charge in [-0.25, -0.2) is 0 Å². The summed E-state index contributed by atoms with van der Waals surface area (Å²) in [5, 5.41) is 3.64. The highest BCUT2D eigenvalue weighted by Crippen LogP contribution is 2.28. The molecule has 0 bridgehead atoms. The van der Waals surface area contributed by atoms with E-state index in [1.54, 1.807) is 0 Å². The van der Waals surface area contributed by atoms with Gasteiger partial charge in [-0.3, -0.25) is 9.59 Å². The van der Waals surface area contributed by atoms with E-state index in [-0.39, 0.29) is 24.1 Å². The first kappa shape index (κ1) is 20.3. The van der Waals surface area contributed by atoms with Gasteiger partial charge in [-0.15, -0.1) is 12.4 Å². The van der Waals surface area contributed by atoms with E-state index in [0.717, 1.165) is 56.8 Å². The smallest absolute Gasteiger partial charge is 0.223 e. The van der Waals surface area contributed by atoms with Gasteiger partial charge in [0.15, 0.2) is 5.78 Å². The Balaban J connectivity index is 0.00000210. The van der Waals surface area contributed by atoms with Crippen molar-refractivity contribution in [1.82, 2.24) is 10.2 Å². The average Bonchev–Trinajstić information content (AvgIpc) is 3.39. The molecule has 1 amide bonds. The number of fused-ring (bicyclic) bond motifs is 1. The Bertz CT molecular complexity index is 679. The molecule has 1 aliphatic heterocycles. The van der Waals surface area contributed by atoms with Gasteiger partial charge in [0.1, 0.15) is 0 Å². The fourth-order valence-corrected chi connectivity index (χ4v) is 4.26.